The molecule has 0 radical (unpaired) electrons. The van der Waals surface area contributed by atoms with Gasteiger partial charge >= 0.3 is 0 Å². The zero-order chi connectivity index (χ0) is 21.7. The molecular formula is C28H25N3. The Labute approximate surface area is 182 Å². The molecule has 1 aromatic heterocycles. The number of fused-ring (bicyclic) bond motifs is 2. The van der Waals surface area contributed by atoms with Crippen LogP contribution in [0.3, 0.4) is 0 Å². The SMILES string of the molecule is Cc1cc(C)c2ccc(-c3nc(C)nc(-c4ccc5c(C)cc(C)cc5c4)n3)cc2c1. The molecule has 1 heterocycles. The van der Waals surface area contributed by atoms with Gasteiger partial charge in [-0.2, -0.15) is 0 Å². The minimum atomic E-state index is 0.712. The molecular weight excluding hydrogens is 378 g/mol. The highest BCUT2D eigenvalue weighted by Gasteiger charge is 2.11. The second-order valence-electron chi connectivity index (χ2n) is 8.57. The standard InChI is InChI=1S/C28H25N3/c1-16-10-18(3)25-8-6-21(14-23(25)12-16)27-29-20(5)30-28(31-27)22-7-9-26-19(4)11-17(2)13-24(26)15-22/h6-15H,1-5H3. The molecule has 0 saturated carbocycles. The third-order valence-electron chi connectivity index (χ3n) is 5.87. The second kappa shape index (κ2) is 7.28. The predicted molar refractivity (Wildman–Crippen MR) is 129 cm³/mol. The summed E-state index contributed by atoms with van der Waals surface area (Å²) in [7, 11) is 0. The first-order valence-electron chi connectivity index (χ1n) is 10.6. The van der Waals surface area contributed by atoms with E-state index in [1.807, 2.05) is 6.92 Å². The van der Waals surface area contributed by atoms with E-state index in [2.05, 4.69) is 98.3 Å². The molecule has 0 unspecified atom stereocenters. The zero-order valence-electron chi connectivity index (χ0n) is 18.6. The molecule has 5 aromatic rings. The van der Waals surface area contributed by atoms with E-state index in [-0.39, 0.29) is 0 Å². The summed E-state index contributed by atoms with van der Waals surface area (Å²) in [6, 6.07) is 21.8. The van der Waals surface area contributed by atoms with Crippen molar-refractivity contribution in [2.24, 2.45) is 0 Å². The van der Waals surface area contributed by atoms with E-state index in [0.717, 1.165) is 17.0 Å². The van der Waals surface area contributed by atoms with Crippen LogP contribution in [0, 0.1) is 34.6 Å². The highest BCUT2D eigenvalue weighted by Crippen LogP contribution is 2.29. The summed E-state index contributed by atoms with van der Waals surface area (Å²) in [6.07, 6.45) is 0. The van der Waals surface area contributed by atoms with Crippen molar-refractivity contribution >= 4 is 21.5 Å². The Bertz CT molecular complexity index is 1370. The third-order valence-corrected chi connectivity index (χ3v) is 5.87. The first-order valence-corrected chi connectivity index (χ1v) is 10.6. The van der Waals surface area contributed by atoms with Gasteiger partial charge in [-0.25, -0.2) is 15.0 Å². The molecule has 0 aliphatic carbocycles. The van der Waals surface area contributed by atoms with Crippen LogP contribution in [0.25, 0.3) is 44.3 Å². The molecule has 0 amide bonds. The Hall–Kier alpha value is -3.59. The maximum atomic E-state index is 4.86. The summed E-state index contributed by atoms with van der Waals surface area (Å²) in [6.45, 7) is 10.5. The summed E-state index contributed by atoms with van der Waals surface area (Å²) >= 11 is 0. The Kier molecular flexibility index (Phi) is 4.55. The fraction of sp³-hybridized carbons (Fsp3) is 0.179. The lowest BCUT2D eigenvalue weighted by atomic mass is 9.99. The van der Waals surface area contributed by atoms with Crippen molar-refractivity contribution in [1.82, 2.24) is 15.0 Å². The zero-order valence-corrected chi connectivity index (χ0v) is 18.6. The van der Waals surface area contributed by atoms with Gasteiger partial charge < -0.3 is 0 Å². The van der Waals surface area contributed by atoms with Crippen LogP contribution in [0.4, 0.5) is 0 Å². The van der Waals surface area contributed by atoms with E-state index in [1.54, 1.807) is 0 Å². The first-order chi connectivity index (χ1) is 14.9. The molecule has 0 saturated heterocycles. The van der Waals surface area contributed by atoms with Crippen molar-refractivity contribution in [1.29, 1.82) is 0 Å². The molecule has 5 rings (SSSR count). The molecule has 3 heteroatoms. The van der Waals surface area contributed by atoms with Crippen molar-refractivity contribution in [3.05, 3.63) is 88.7 Å². The van der Waals surface area contributed by atoms with E-state index in [4.69, 9.17) is 4.98 Å². The fourth-order valence-corrected chi connectivity index (χ4v) is 4.51. The molecule has 0 aliphatic rings. The lowest BCUT2D eigenvalue weighted by molar-refractivity contribution is 0.992. The smallest absolute Gasteiger partial charge is 0.163 e. The van der Waals surface area contributed by atoms with E-state index in [9.17, 15) is 0 Å². The Morgan fingerprint density at radius 1 is 0.484 bits per heavy atom. The molecule has 3 nitrogen and oxygen atoms in total. The van der Waals surface area contributed by atoms with Crippen LogP contribution in [-0.2, 0) is 0 Å². The van der Waals surface area contributed by atoms with Crippen LogP contribution in [0.15, 0.2) is 60.7 Å². The summed E-state index contributed by atoms with van der Waals surface area (Å²) in [5.74, 6) is 2.15. The molecule has 4 aromatic carbocycles. The summed E-state index contributed by atoms with van der Waals surface area (Å²) < 4.78 is 0. The fourth-order valence-electron chi connectivity index (χ4n) is 4.51. The molecule has 31 heavy (non-hydrogen) atoms. The van der Waals surface area contributed by atoms with E-state index < -0.39 is 0 Å². The normalized spacial score (nSPS) is 11.4. The quantitative estimate of drug-likeness (QED) is 0.317. The molecule has 152 valence electrons. The predicted octanol–water partition coefficient (Wildman–Crippen LogP) is 7.05. The van der Waals surface area contributed by atoms with Gasteiger partial charge in [0.2, 0.25) is 0 Å². The van der Waals surface area contributed by atoms with Gasteiger partial charge in [0.15, 0.2) is 11.6 Å². The van der Waals surface area contributed by atoms with Crippen molar-refractivity contribution in [3.8, 4) is 22.8 Å². The van der Waals surface area contributed by atoms with Crippen LogP contribution < -0.4 is 0 Å². The van der Waals surface area contributed by atoms with Gasteiger partial charge in [0.25, 0.3) is 0 Å². The minimum absolute atomic E-state index is 0.712. The average molecular weight is 404 g/mol. The minimum Gasteiger partial charge on any atom is -0.213 e. The summed E-state index contributed by atoms with van der Waals surface area (Å²) in [4.78, 5) is 14.2. The van der Waals surface area contributed by atoms with Crippen LogP contribution >= 0.6 is 0 Å². The van der Waals surface area contributed by atoms with Crippen molar-refractivity contribution in [2.75, 3.05) is 0 Å². The second-order valence-corrected chi connectivity index (χ2v) is 8.57. The Morgan fingerprint density at radius 2 is 0.935 bits per heavy atom. The average Bonchev–Trinajstić information content (AvgIpc) is 2.72. The highest BCUT2D eigenvalue weighted by molar-refractivity contribution is 5.91. The molecule has 0 fully saturated rings. The maximum absolute atomic E-state index is 4.86. The van der Waals surface area contributed by atoms with Crippen molar-refractivity contribution in [2.45, 2.75) is 34.6 Å². The first kappa shape index (κ1) is 19.4. The number of rotatable bonds is 2. The van der Waals surface area contributed by atoms with E-state index in [0.29, 0.717) is 11.6 Å². The monoisotopic (exact) mass is 403 g/mol. The topological polar surface area (TPSA) is 38.7 Å². The van der Waals surface area contributed by atoms with Crippen LogP contribution in [0.5, 0.6) is 0 Å². The number of hydrogen-bond acceptors (Lipinski definition) is 3. The van der Waals surface area contributed by atoms with Gasteiger partial charge in [0.1, 0.15) is 5.82 Å². The largest absolute Gasteiger partial charge is 0.213 e. The molecule has 0 bridgehead atoms. The van der Waals surface area contributed by atoms with Crippen molar-refractivity contribution < 1.29 is 0 Å². The van der Waals surface area contributed by atoms with E-state index in [1.165, 1.54) is 43.8 Å². The Balaban J connectivity index is 1.65. The van der Waals surface area contributed by atoms with Gasteiger partial charge in [-0.1, -0.05) is 59.7 Å². The van der Waals surface area contributed by atoms with Crippen LogP contribution in [0.2, 0.25) is 0 Å². The highest BCUT2D eigenvalue weighted by atomic mass is 15.0. The van der Waals surface area contributed by atoms with Gasteiger partial charge in [-0.15, -0.1) is 0 Å². The van der Waals surface area contributed by atoms with Gasteiger partial charge in [0, 0.05) is 11.1 Å². The lowest BCUT2D eigenvalue weighted by Crippen LogP contribution is -1.99. The van der Waals surface area contributed by atoms with Gasteiger partial charge in [-0.3, -0.25) is 0 Å². The Morgan fingerprint density at radius 3 is 1.39 bits per heavy atom. The number of nitrogens with zero attached hydrogens (tertiary/aromatic N) is 3. The maximum Gasteiger partial charge on any atom is 0.163 e. The number of hydrogen-bond donors (Lipinski definition) is 0. The summed E-state index contributed by atoms with van der Waals surface area (Å²) in [5, 5.41) is 4.96. The van der Waals surface area contributed by atoms with Gasteiger partial charge in [0.05, 0.1) is 0 Å². The molecule has 0 spiro atoms. The third kappa shape index (κ3) is 3.57. The van der Waals surface area contributed by atoms with Crippen LogP contribution in [-0.4, -0.2) is 15.0 Å². The molecule has 0 aliphatic heterocycles. The van der Waals surface area contributed by atoms with Crippen LogP contribution in [0.1, 0.15) is 28.1 Å². The lowest BCUT2D eigenvalue weighted by Gasteiger charge is -2.10. The van der Waals surface area contributed by atoms with Gasteiger partial charge in [-0.05, 0) is 79.4 Å². The number of aryl methyl sites for hydroxylation is 5. The number of aromatic nitrogens is 3. The molecule has 0 N–H and O–H groups in total. The van der Waals surface area contributed by atoms with E-state index >= 15 is 0 Å². The number of benzene rings is 4. The van der Waals surface area contributed by atoms with Crippen molar-refractivity contribution in [3.63, 3.8) is 0 Å². The molecule has 0 atom stereocenters. The summed E-state index contributed by atoms with van der Waals surface area (Å²) in [5.41, 5.74) is 7.12.